The van der Waals surface area contributed by atoms with E-state index in [0.29, 0.717) is 6.54 Å². The molecule has 0 saturated carbocycles. The number of carbonyl (C=O) groups is 3. The van der Waals surface area contributed by atoms with Gasteiger partial charge in [0.1, 0.15) is 12.1 Å². The highest BCUT2D eigenvalue weighted by Gasteiger charge is 2.51. The van der Waals surface area contributed by atoms with Gasteiger partial charge < -0.3 is 15.2 Å². The number of aliphatic carboxylic acids is 1. The Kier molecular flexibility index (Phi) is 8.15. The van der Waals surface area contributed by atoms with E-state index >= 15 is 0 Å². The number of hydrogen-bond donors (Lipinski definition) is 3. The molecule has 3 atom stereocenters. The zero-order valence-corrected chi connectivity index (χ0v) is 15.6. The summed E-state index contributed by atoms with van der Waals surface area (Å²) in [5.74, 6) is -3.46. The molecule has 8 nitrogen and oxygen atoms in total. The van der Waals surface area contributed by atoms with Crippen LogP contribution in [0.4, 0.5) is 13.2 Å². The summed E-state index contributed by atoms with van der Waals surface area (Å²) in [7, 11) is 1.29. The number of nitriles is 1. The molecule has 0 aliphatic carbocycles. The van der Waals surface area contributed by atoms with E-state index in [1.54, 1.807) is 6.92 Å². The van der Waals surface area contributed by atoms with E-state index in [-0.39, 0.29) is 12.3 Å². The maximum atomic E-state index is 12.5. The number of halogens is 3. The van der Waals surface area contributed by atoms with Gasteiger partial charge in [0.15, 0.2) is 0 Å². The third-order valence-electron chi connectivity index (χ3n) is 4.31. The molecule has 2 rings (SSSR count). The van der Waals surface area contributed by atoms with Crippen molar-refractivity contribution in [1.82, 2.24) is 10.6 Å². The molecular weight excluding hydrogens is 395 g/mol. The van der Waals surface area contributed by atoms with E-state index in [1.165, 1.54) is 7.11 Å². The number of carboxylic acids is 1. The molecule has 3 N–H and O–H groups in total. The first-order valence-corrected chi connectivity index (χ1v) is 8.31. The number of carboxylic acid groups (broad SMARTS) is 1. The van der Waals surface area contributed by atoms with Crippen LogP contribution < -0.4 is 10.6 Å². The van der Waals surface area contributed by atoms with Crippen LogP contribution in [0.15, 0.2) is 30.3 Å². The highest BCUT2D eigenvalue weighted by Crippen LogP contribution is 2.34. The predicted molar refractivity (Wildman–Crippen MR) is 93.0 cm³/mol. The molecular formula is C18H20F3N3O5. The highest BCUT2D eigenvalue weighted by molar-refractivity contribution is 5.86. The lowest BCUT2D eigenvalue weighted by atomic mass is 9.81. The van der Waals surface area contributed by atoms with Gasteiger partial charge >= 0.3 is 18.1 Å². The smallest absolute Gasteiger partial charge is 0.475 e. The Hall–Kier alpha value is -3.13. The van der Waals surface area contributed by atoms with Gasteiger partial charge in [-0.3, -0.25) is 14.9 Å². The Morgan fingerprint density at radius 2 is 1.90 bits per heavy atom. The number of alkyl halides is 3. The number of methoxy groups -OCH3 is 1. The second kappa shape index (κ2) is 9.88. The number of amides is 1. The SMILES string of the molecule is COC(=O)[C@@H]1C[C@@](C)(C(=O)NCc2ccccc2)C(C#N)N1.O=C(O)C(F)(F)F. The lowest BCUT2D eigenvalue weighted by Gasteiger charge is -2.25. The lowest BCUT2D eigenvalue weighted by molar-refractivity contribution is -0.192. The summed E-state index contributed by atoms with van der Waals surface area (Å²) in [5.41, 5.74) is 0.00555. The Morgan fingerprint density at radius 3 is 2.34 bits per heavy atom. The number of nitrogens with one attached hydrogen (secondary N) is 2. The van der Waals surface area contributed by atoms with Gasteiger partial charge in [0, 0.05) is 6.54 Å². The van der Waals surface area contributed by atoms with Gasteiger partial charge in [-0.05, 0) is 18.9 Å². The molecule has 1 aromatic carbocycles. The van der Waals surface area contributed by atoms with E-state index < -0.39 is 35.6 Å². The summed E-state index contributed by atoms with van der Waals surface area (Å²) in [6, 6.07) is 10.2. The zero-order valence-electron chi connectivity index (χ0n) is 15.6. The molecule has 0 spiro atoms. The van der Waals surface area contributed by atoms with Crippen LogP contribution in [0, 0.1) is 16.7 Å². The summed E-state index contributed by atoms with van der Waals surface area (Å²) in [4.78, 5) is 33.0. The second-order valence-electron chi connectivity index (χ2n) is 6.40. The van der Waals surface area contributed by atoms with Crippen LogP contribution in [0.1, 0.15) is 18.9 Å². The van der Waals surface area contributed by atoms with Gasteiger partial charge in [-0.15, -0.1) is 0 Å². The third-order valence-corrected chi connectivity index (χ3v) is 4.31. The molecule has 1 aliphatic heterocycles. The second-order valence-corrected chi connectivity index (χ2v) is 6.40. The normalized spacial score (nSPS) is 23.2. The number of nitrogens with zero attached hydrogens (tertiary/aromatic N) is 1. The van der Waals surface area contributed by atoms with Crippen molar-refractivity contribution in [2.75, 3.05) is 7.11 Å². The van der Waals surface area contributed by atoms with Crippen LogP contribution in [0.2, 0.25) is 0 Å². The Morgan fingerprint density at radius 1 is 1.34 bits per heavy atom. The fourth-order valence-corrected chi connectivity index (χ4v) is 2.66. The van der Waals surface area contributed by atoms with E-state index in [2.05, 4.69) is 21.4 Å². The van der Waals surface area contributed by atoms with Crippen LogP contribution in [-0.2, 0) is 25.7 Å². The van der Waals surface area contributed by atoms with Gasteiger partial charge in [0.05, 0.1) is 18.6 Å². The molecule has 0 aromatic heterocycles. The van der Waals surface area contributed by atoms with Crippen molar-refractivity contribution in [3.05, 3.63) is 35.9 Å². The van der Waals surface area contributed by atoms with Crippen molar-refractivity contribution in [1.29, 1.82) is 5.26 Å². The summed E-state index contributed by atoms with van der Waals surface area (Å²) in [5, 5.41) is 22.1. The van der Waals surface area contributed by atoms with Crippen molar-refractivity contribution >= 4 is 17.8 Å². The number of esters is 1. The van der Waals surface area contributed by atoms with E-state index in [9.17, 15) is 28.0 Å². The number of rotatable bonds is 4. The summed E-state index contributed by atoms with van der Waals surface area (Å²) in [6.07, 6.45) is -4.85. The van der Waals surface area contributed by atoms with E-state index in [4.69, 9.17) is 9.90 Å². The first-order valence-electron chi connectivity index (χ1n) is 8.31. The first kappa shape index (κ1) is 23.9. The van der Waals surface area contributed by atoms with E-state index in [0.717, 1.165) is 5.56 Å². The predicted octanol–water partition coefficient (Wildman–Crippen LogP) is 1.37. The molecule has 1 amide bonds. The minimum atomic E-state index is -5.08. The molecule has 11 heteroatoms. The maximum absolute atomic E-state index is 12.5. The molecule has 158 valence electrons. The van der Waals surface area contributed by atoms with Crippen LogP contribution in [0.25, 0.3) is 0 Å². The number of ether oxygens (including phenoxy) is 1. The molecule has 1 heterocycles. The molecule has 1 unspecified atom stereocenters. The number of benzene rings is 1. The van der Waals surface area contributed by atoms with Crippen LogP contribution >= 0.6 is 0 Å². The lowest BCUT2D eigenvalue weighted by Crippen LogP contribution is -2.46. The monoisotopic (exact) mass is 415 g/mol. The fourth-order valence-electron chi connectivity index (χ4n) is 2.66. The van der Waals surface area contributed by atoms with Crippen molar-refractivity contribution in [3.63, 3.8) is 0 Å². The molecule has 1 aromatic rings. The Bertz CT molecular complexity index is 779. The van der Waals surface area contributed by atoms with Gasteiger partial charge in [-0.25, -0.2) is 4.79 Å². The summed E-state index contributed by atoms with van der Waals surface area (Å²) in [6.45, 7) is 2.08. The maximum Gasteiger partial charge on any atom is 0.490 e. The molecule has 0 radical (unpaired) electrons. The van der Waals surface area contributed by atoms with Crippen molar-refractivity contribution in [3.8, 4) is 6.07 Å². The average Bonchev–Trinajstić information content (AvgIpc) is 3.04. The topological polar surface area (TPSA) is 129 Å². The molecule has 29 heavy (non-hydrogen) atoms. The number of carbonyl (C=O) groups excluding carboxylic acids is 2. The minimum absolute atomic E-state index is 0.235. The molecule has 1 saturated heterocycles. The molecule has 1 fully saturated rings. The van der Waals surface area contributed by atoms with Crippen molar-refractivity contribution in [2.45, 2.75) is 38.1 Å². The van der Waals surface area contributed by atoms with Crippen LogP contribution in [-0.4, -0.2) is 48.3 Å². The quantitative estimate of drug-likeness (QED) is 0.634. The summed E-state index contributed by atoms with van der Waals surface area (Å²) < 4.78 is 36.4. The zero-order chi connectivity index (χ0) is 22.2. The van der Waals surface area contributed by atoms with Gasteiger partial charge in [-0.2, -0.15) is 18.4 Å². The first-order chi connectivity index (χ1) is 13.5. The van der Waals surface area contributed by atoms with E-state index in [1.807, 2.05) is 30.3 Å². The Labute approximate surface area is 164 Å². The molecule has 1 aliphatic rings. The van der Waals surface area contributed by atoms with Crippen LogP contribution in [0.3, 0.4) is 0 Å². The third kappa shape index (κ3) is 6.46. The number of hydrogen-bond acceptors (Lipinski definition) is 6. The molecule has 0 bridgehead atoms. The minimum Gasteiger partial charge on any atom is -0.475 e. The average molecular weight is 415 g/mol. The fraction of sp³-hybridized carbons (Fsp3) is 0.444. The highest BCUT2D eigenvalue weighted by atomic mass is 19.4. The van der Waals surface area contributed by atoms with Gasteiger partial charge in [0.25, 0.3) is 0 Å². The van der Waals surface area contributed by atoms with Gasteiger partial charge in [0.2, 0.25) is 5.91 Å². The largest absolute Gasteiger partial charge is 0.490 e. The van der Waals surface area contributed by atoms with Crippen molar-refractivity contribution in [2.24, 2.45) is 5.41 Å². The van der Waals surface area contributed by atoms with Gasteiger partial charge in [-0.1, -0.05) is 30.3 Å². The summed E-state index contributed by atoms with van der Waals surface area (Å²) >= 11 is 0. The standard InChI is InChI=1S/C16H19N3O3.C2HF3O2/c1-16(8-12(14(20)22-2)19-13(16)9-17)15(21)18-10-11-6-4-3-5-7-11;3-2(4,5)1(6)7/h3-7,12-13,19H,8,10H2,1-2H3,(H,18,21);(H,6,7)/t12-,13?,16+;/m0./s1. The van der Waals surface area contributed by atoms with Crippen LogP contribution in [0.5, 0.6) is 0 Å². The van der Waals surface area contributed by atoms with Crippen molar-refractivity contribution < 1.29 is 37.4 Å². The Balaban J connectivity index is 0.000000516.